The average Bonchev–Trinajstić information content (AvgIpc) is 2.63. The summed E-state index contributed by atoms with van der Waals surface area (Å²) in [6.07, 6.45) is 0.292. The third-order valence-corrected chi connectivity index (χ3v) is 2.96. The number of morpholine rings is 1. The van der Waals surface area contributed by atoms with Crippen molar-refractivity contribution in [2.24, 2.45) is 0 Å². The van der Waals surface area contributed by atoms with E-state index in [1.807, 2.05) is 25.7 Å². The first kappa shape index (κ1) is 12.1. The van der Waals surface area contributed by atoms with Crippen molar-refractivity contribution >= 4 is 5.91 Å². The monoisotopic (exact) mass is 238 g/mol. The van der Waals surface area contributed by atoms with Crippen molar-refractivity contribution in [3.05, 3.63) is 17.5 Å². The molecular weight excluding hydrogens is 220 g/mol. The largest absolute Gasteiger partial charge is 0.377 e. The lowest BCUT2D eigenvalue weighted by Crippen LogP contribution is -2.55. The number of carbonyl (C=O) groups excluding carboxylic acids is 1. The summed E-state index contributed by atoms with van der Waals surface area (Å²) in [7, 11) is 0. The topological polar surface area (TPSA) is 55.6 Å². The summed E-state index contributed by atoms with van der Waals surface area (Å²) < 4.78 is 10.4. The van der Waals surface area contributed by atoms with Crippen LogP contribution >= 0.6 is 0 Å². The van der Waals surface area contributed by atoms with E-state index in [0.29, 0.717) is 31.9 Å². The van der Waals surface area contributed by atoms with E-state index >= 15 is 0 Å². The number of amides is 1. The molecule has 17 heavy (non-hydrogen) atoms. The summed E-state index contributed by atoms with van der Waals surface area (Å²) in [5.41, 5.74) is 0.448. The highest BCUT2D eigenvalue weighted by Gasteiger charge is 2.34. The molecule has 1 aliphatic rings. The van der Waals surface area contributed by atoms with E-state index in [-0.39, 0.29) is 11.4 Å². The molecule has 0 unspecified atom stereocenters. The minimum Gasteiger partial charge on any atom is -0.377 e. The third-order valence-electron chi connectivity index (χ3n) is 2.96. The Balaban J connectivity index is 2.04. The Morgan fingerprint density at radius 1 is 1.59 bits per heavy atom. The zero-order valence-corrected chi connectivity index (χ0v) is 10.5. The standard InChI is InChI=1S/C12H18N2O3/c1-9-6-10(13-17-9)7-11(15)14-4-5-16-8-12(14,2)3/h6H,4-5,7-8H2,1-3H3. The maximum absolute atomic E-state index is 12.2. The first-order valence-electron chi connectivity index (χ1n) is 5.79. The molecule has 0 N–H and O–H groups in total. The van der Waals surface area contributed by atoms with Crippen molar-refractivity contribution in [1.82, 2.24) is 10.1 Å². The van der Waals surface area contributed by atoms with Gasteiger partial charge < -0.3 is 14.2 Å². The molecule has 0 atom stereocenters. The molecule has 0 spiro atoms. The van der Waals surface area contributed by atoms with Crippen LogP contribution in [0.15, 0.2) is 10.6 Å². The molecule has 0 bridgehead atoms. The highest BCUT2D eigenvalue weighted by Crippen LogP contribution is 2.20. The van der Waals surface area contributed by atoms with Gasteiger partial charge in [-0.05, 0) is 20.8 Å². The quantitative estimate of drug-likeness (QED) is 0.776. The molecule has 0 aliphatic carbocycles. The van der Waals surface area contributed by atoms with Gasteiger partial charge in [0, 0.05) is 12.6 Å². The molecule has 1 aliphatic heterocycles. The molecule has 94 valence electrons. The van der Waals surface area contributed by atoms with E-state index in [4.69, 9.17) is 9.26 Å². The number of hydrogen-bond acceptors (Lipinski definition) is 4. The lowest BCUT2D eigenvalue weighted by atomic mass is 10.0. The van der Waals surface area contributed by atoms with Gasteiger partial charge in [-0.1, -0.05) is 5.16 Å². The van der Waals surface area contributed by atoms with Gasteiger partial charge in [-0.3, -0.25) is 4.79 Å². The van der Waals surface area contributed by atoms with Crippen LogP contribution in [0.25, 0.3) is 0 Å². The van der Waals surface area contributed by atoms with Crippen LogP contribution < -0.4 is 0 Å². The molecule has 5 nitrogen and oxygen atoms in total. The van der Waals surface area contributed by atoms with Crippen molar-refractivity contribution < 1.29 is 14.1 Å². The van der Waals surface area contributed by atoms with E-state index in [0.717, 1.165) is 5.76 Å². The second-order valence-corrected chi connectivity index (χ2v) is 5.02. The normalized spacial score (nSPS) is 19.4. The van der Waals surface area contributed by atoms with Gasteiger partial charge in [0.1, 0.15) is 5.76 Å². The van der Waals surface area contributed by atoms with Gasteiger partial charge in [-0.25, -0.2) is 0 Å². The first-order valence-corrected chi connectivity index (χ1v) is 5.79. The van der Waals surface area contributed by atoms with E-state index in [1.54, 1.807) is 6.07 Å². The van der Waals surface area contributed by atoms with Crippen LogP contribution in [0.1, 0.15) is 25.3 Å². The van der Waals surface area contributed by atoms with Crippen molar-refractivity contribution in [2.45, 2.75) is 32.7 Å². The Morgan fingerprint density at radius 2 is 2.35 bits per heavy atom. The van der Waals surface area contributed by atoms with Gasteiger partial charge in [0.15, 0.2) is 0 Å². The maximum Gasteiger partial charge on any atom is 0.229 e. The number of hydrogen-bond donors (Lipinski definition) is 0. The highest BCUT2D eigenvalue weighted by atomic mass is 16.5. The zero-order chi connectivity index (χ0) is 12.5. The molecule has 1 fully saturated rings. The van der Waals surface area contributed by atoms with Crippen molar-refractivity contribution in [3.63, 3.8) is 0 Å². The number of rotatable bonds is 2. The number of aromatic nitrogens is 1. The van der Waals surface area contributed by atoms with Gasteiger partial charge in [0.05, 0.1) is 30.9 Å². The van der Waals surface area contributed by atoms with Crippen LogP contribution in [0.5, 0.6) is 0 Å². The number of ether oxygens (including phenoxy) is 1. The zero-order valence-electron chi connectivity index (χ0n) is 10.5. The molecule has 1 aromatic heterocycles. The van der Waals surface area contributed by atoms with Crippen LogP contribution in [0.2, 0.25) is 0 Å². The van der Waals surface area contributed by atoms with Gasteiger partial charge in [0.2, 0.25) is 5.91 Å². The average molecular weight is 238 g/mol. The van der Waals surface area contributed by atoms with E-state index < -0.39 is 0 Å². The van der Waals surface area contributed by atoms with Crippen LogP contribution in [0.3, 0.4) is 0 Å². The molecule has 5 heteroatoms. The molecule has 0 radical (unpaired) electrons. The van der Waals surface area contributed by atoms with Crippen molar-refractivity contribution in [3.8, 4) is 0 Å². The van der Waals surface area contributed by atoms with Crippen LogP contribution in [-0.4, -0.2) is 41.3 Å². The Kier molecular flexibility index (Phi) is 3.19. The van der Waals surface area contributed by atoms with Gasteiger partial charge in [-0.15, -0.1) is 0 Å². The smallest absolute Gasteiger partial charge is 0.229 e. The third kappa shape index (κ3) is 2.66. The maximum atomic E-state index is 12.2. The highest BCUT2D eigenvalue weighted by molar-refractivity contribution is 5.79. The molecule has 1 saturated heterocycles. The minimum atomic E-state index is -0.242. The van der Waals surface area contributed by atoms with E-state index in [1.165, 1.54) is 0 Å². The molecule has 2 rings (SSSR count). The summed E-state index contributed by atoms with van der Waals surface area (Å²) >= 11 is 0. The molecule has 1 aromatic rings. The summed E-state index contributed by atoms with van der Waals surface area (Å²) in [6, 6.07) is 1.80. The summed E-state index contributed by atoms with van der Waals surface area (Å²) in [6.45, 7) is 7.67. The molecule has 2 heterocycles. The van der Waals surface area contributed by atoms with Crippen LogP contribution in [0.4, 0.5) is 0 Å². The van der Waals surface area contributed by atoms with Crippen LogP contribution in [0, 0.1) is 6.92 Å². The second-order valence-electron chi connectivity index (χ2n) is 5.02. The fourth-order valence-corrected chi connectivity index (χ4v) is 2.07. The molecule has 0 saturated carbocycles. The summed E-state index contributed by atoms with van der Waals surface area (Å²) in [4.78, 5) is 14.0. The van der Waals surface area contributed by atoms with Gasteiger partial charge in [-0.2, -0.15) is 0 Å². The Bertz CT molecular complexity index is 412. The van der Waals surface area contributed by atoms with Gasteiger partial charge >= 0.3 is 0 Å². The fourth-order valence-electron chi connectivity index (χ4n) is 2.07. The predicted octanol–water partition coefficient (Wildman–Crippen LogP) is 1.16. The molecular formula is C12H18N2O3. The lowest BCUT2D eigenvalue weighted by molar-refractivity contribution is -0.145. The minimum absolute atomic E-state index is 0.0756. The second kappa shape index (κ2) is 4.49. The molecule has 1 amide bonds. The van der Waals surface area contributed by atoms with Crippen molar-refractivity contribution in [1.29, 1.82) is 0 Å². The molecule has 0 aromatic carbocycles. The number of carbonyl (C=O) groups is 1. The van der Waals surface area contributed by atoms with Crippen molar-refractivity contribution in [2.75, 3.05) is 19.8 Å². The SMILES string of the molecule is Cc1cc(CC(=O)N2CCOCC2(C)C)no1. The van der Waals surface area contributed by atoms with E-state index in [9.17, 15) is 4.79 Å². The predicted molar refractivity (Wildman–Crippen MR) is 61.6 cm³/mol. The number of nitrogens with zero attached hydrogens (tertiary/aromatic N) is 2. The Labute approximate surface area is 101 Å². The Hall–Kier alpha value is -1.36. The summed E-state index contributed by atoms with van der Waals surface area (Å²) in [5.74, 6) is 0.806. The fraction of sp³-hybridized carbons (Fsp3) is 0.667. The first-order chi connectivity index (χ1) is 7.99. The Morgan fingerprint density at radius 3 is 2.94 bits per heavy atom. The lowest BCUT2D eigenvalue weighted by Gasteiger charge is -2.42. The van der Waals surface area contributed by atoms with Crippen LogP contribution in [-0.2, 0) is 16.0 Å². The van der Waals surface area contributed by atoms with Gasteiger partial charge in [0.25, 0.3) is 0 Å². The summed E-state index contributed by atoms with van der Waals surface area (Å²) in [5, 5.41) is 3.84. The number of aryl methyl sites for hydroxylation is 1. The van der Waals surface area contributed by atoms with E-state index in [2.05, 4.69) is 5.16 Å².